The van der Waals surface area contributed by atoms with E-state index in [1.54, 1.807) is 19.0 Å². The number of amides is 1. The van der Waals surface area contributed by atoms with Crippen LogP contribution in [0.15, 0.2) is 53.5 Å². The number of ether oxygens (including phenoxy) is 2. The predicted octanol–water partition coefficient (Wildman–Crippen LogP) is 3.12. The lowest BCUT2D eigenvalue weighted by Gasteiger charge is -2.28. The molecule has 4 rings (SSSR count). The van der Waals surface area contributed by atoms with Crippen LogP contribution in [0.1, 0.15) is 36.4 Å². The molecule has 7 nitrogen and oxygen atoms in total. The van der Waals surface area contributed by atoms with Crippen molar-refractivity contribution in [3.05, 3.63) is 59.7 Å². The molecule has 2 N–H and O–H groups in total. The molecule has 2 aromatic carbocycles. The average molecular weight is 437 g/mol. The van der Waals surface area contributed by atoms with Gasteiger partial charge in [0.1, 0.15) is 11.5 Å². The van der Waals surface area contributed by atoms with E-state index in [1.165, 1.54) is 12.8 Å². The lowest BCUT2D eigenvalue weighted by atomic mass is 10.0. The maximum absolute atomic E-state index is 12.2. The summed E-state index contributed by atoms with van der Waals surface area (Å²) in [5.41, 5.74) is 2.13. The van der Waals surface area contributed by atoms with Crippen LogP contribution in [0.4, 0.5) is 0 Å². The summed E-state index contributed by atoms with van der Waals surface area (Å²) in [7, 11) is 3.49. The topological polar surface area (TPSA) is 75.2 Å². The lowest BCUT2D eigenvalue weighted by molar-refractivity contribution is -0.127. The largest absolute Gasteiger partial charge is 0.493 e. The second-order valence-electron chi connectivity index (χ2n) is 8.54. The summed E-state index contributed by atoms with van der Waals surface area (Å²) in [6.45, 7) is 2.03. The number of guanidine groups is 1. The average Bonchev–Trinajstić information content (AvgIpc) is 3.64. The SMILES string of the molecule is CN(C)C(=O)CNC(=NCc1ccccc1OCC1CC1)NC1CCOc2ccccc21. The summed E-state index contributed by atoms with van der Waals surface area (Å²) < 4.78 is 11.8. The van der Waals surface area contributed by atoms with Crippen molar-refractivity contribution in [2.45, 2.75) is 31.8 Å². The fourth-order valence-electron chi connectivity index (χ4n) is 3.56. The number of likely N-dealkylation sites (N-methyl/N-ethyl adjacent to an activating group) is 1. The van der Waals surface area contributed by atoms with Gasteiger partial charge in [-0.3, -0.25) is 4.79 Å². The maximum atomic E-state index is 12.2. The first-order valence-electron chi connectivity index (χ1n) is 11.3. The number of nitrogens with zero attached hydrogens (tertiary/aromatic N) is 2. The highest BCUT2D eigenvalue weighted by Crippen LogP contribution is 2.32. The summed E-state index contributed by atoms with van der Waals surface area (Å²) in [6, 6.07) is 16.1. The number of carbonyl (C=O) groups is 1. The molecule has 1 aliphatic carbocycles. The highest BCUT2D eigenvalue weighted by Gasteiger charge is 2.23. The number of fused-ring (bicyclic) bond motifs is 1. The third kappa shape index (κ3) is 5.93. The summed E-state index contributed by atoms with van der Waals surface area (Å²) in [5.74, 6) is 3.04. The van der Waals surface area contributed by atoms with E-state index in [4.69, 9.17) is 14.5 Å². The zero-order chi connectivity index (χ0) is 22.3. The lowest BCUT2D eigenvalue weighted by Crippen LogP contribution is -2.45. The minimum absolute atomic E-state index is 0.0138. The van der Waals surface area contributed by atoms with E-state index in [1.807, 2.05) is 42.5 Å². The van der Waals surface area contributed by atoms with Gasteiger partial charge in [-0.05, 0) is 30.9 Å². The standard InChI is InChI=1S/C25H32N4O3/c1-29(2)24(30)16-27-25(28-21-13-14-31-23-10-6-4-8-20(21)23)26-15-19-7-3-5-9-22(19)32-17-18-11-12-18/h3-10,18,21H,11-17H2,1-2H3,(H2,26,27,28). The van der Waals surface area contributed by atoms with E-state index in [0.29, 0.717) is 25.0 Å². The van der Waals surface area contributed by atoms with E-state index >= 15 is 0 Å². The van der Waals surface area contributed by atoms with Crippen LogP contribution in [-0.4, -0.2) is 50.6 Å². The first-order valence-corrected chi connectivity index (χ1v) is 11.3. The van der Waals surface area contributed by atoms with Crippen molar-refractivity contribution in [2.75, 3.05) is 33.9 Å². The Morgan fingerprint density at radius 1 is 1.12 bits per heavy atom. The molecule has 170 valence electrons. The van der Waals surface area contributed by atoms with Crippen molar-refractivity contribution in [1.29, 1.82) is 0 Å². The molecule has 1 saturated carbocycles. The molecule has 7 heteroatoms. The molecule has 1 heterocycles. The van der Waals surface area contributed by atoms with Crippen molar-refractivity contribution in [3.8, 4) is 11.5 Å². The number of para-hydroxylation sites is 2. The molecule has 1 aliphatic heterocycles. The number of carbonyl (C=O) groups excluding carboxylic acids is 1. The van der Waals surface area contributed by atoms with Crippen molar-refractivity contribution < 1.29 is 14.3 Å². The van der Waals surface area contributed by atoms with Gasteiger partial charge in [0.2, 0.25) is 5.91 Å². The third-order valence-corrected chi connectivity index (χ3v) is 5.73. The number of hydrogen-bond acceptors (Lipinski definition) is 4. The Kier molecular flexibility index (Phi) is 7.14. The van der Waals surface area contributed by atoms with Gasteiger partial charge in [-0.25, -0.2) is 4.99 Å². The highest BCUT2D eigenvalue weighted by molar-refractivity contribution is 5.86. The van der Waals surface area contributed by atoms with Crippen LogP contribution in [0, 0.1) is 5.92 Å². The van der Waals surface area contributed by atoms with Gasteiger partial charge in [0.25, 0.3) is 0 Å². The van der Waals surface area contributed by atoms with Gasteiger partial charge in [-0.1, -0.05) is 36.4 Å². The zero-order valence-corrected chi connectivity index (χ0v) is 18.8. The van der Waals surface area contributed by atoms with Gasteiger partial charge >= 0.3 is 0 Å². The van der Waals surface area contributed by atoms with Crippen LogP contribution < -0.4 is 20.1 Å². The quantitative estimate of drug-likeness (QED) is 0.491. The minimum Gasteiger partial charge on any atom is -0.493 e. The van der Waals surface area contributed by atoms with E-state index in [9.17, 15) is 4.79 Å². The number of nitrogens with one attached hydrogen (secondary N) is 2. The monoisotopic (exact) mass is 436 g/mol. The fourth-order valence-corrected chi connectivity index (χ4v) is 3.56. The molecule has 1 amide bonds. The molecule has 0 saturated heterocycles. The van der Waals surface area contributed by atoms with Gasteiger partial charge < -0.3 is 25.0 Å². The molecule has 0 spiro atoms. The van der Waals surface area contributed by atoms with E-state index < -0.39 is 0 Å². The molecular weight excluding hydrogens is 404 g/mol. The molecule has 2 aliphatic rings. The summed E-state index contributed by atoms with van der Waals surface area (Å²) in [6.07, 6.45) is 3.33. The summed E-state index contributed by atoms with van der Waals surface area (Å²) in [5, 5.41) is 6.70. The van der Waals surface area contributed by atoms with Gasteiger partial charge in [0.05, 0.1) is 32.3 Å². The Morgan fingerprint density at radius 3 is 2.72 bits per heavy atom. The fraction of sp³-hybridized carbons (Fsp3) is 0.440. The first kappa shape index (κ1) is 22.0. The van der Waals surface area contributed by atoms with Crippen molar-refractivity contribution in [1.82, 2.24) is 15.5 Å². The van der Waals surface area contributed by atoms with Gasteiger partial charge in [-0.15, -0.1) is 0 Å². The van der Waals surface area contributed by atoms with Gasteiger partial charge in [0.15, 0.2) is 5.96 Å². The summed E-state index contributed by atoms with van der Waals surface area (Å²) >= 11 is 0. The van der Waals surface area contributed by atoms with Gasteiger partial charge in [-0.2, -0.15) is 0 Å². The van der Waals surface area contributed by atoms with Crippen LogP contribution in [0.5, 0.6) is 11.5 Å². The Labute approximate surface area is 189 Å². The van der Waals surface area contributed by atoms with Crippen LogP contribution in [0.3, 0.4) is 0 Å². The van der Waals surface area contributed by atoms with Crippen LogP contribution in [0.2, 0.25) is 0 Å². The van der Waals surface area contributed by atoms with Crippen LogP contribution in [-0.2, 0) is 11.3 Å². The molecule has 2 aromatic rings. The van der Waals surface area contributed by atoms with Crippen molar-refractivity contribution in [3.63, 3.8) is 0 Å². The normalized spacial score (nSPS) is 17.7. The van der Waals surface area contributed by atoms with Crippen LogP contribution >= 0.6 is 0 Å². The minimum atomic E-state index is -0.0138. The second kappa shape index (κ2) is 10.4. The van der Waals surface area contributed by atoms with Crippen molar-refractivity contribution in [2.24, 2.45) is 10.9 Å². The summed E-state index contributed by atoms with van der Waals surface area (Å²) in [4.78, 5) is 18.5. The first-order chi connectivity index (χ1) is 15.6. The number of rotatable bonds is 8. The Hall–Kier alpha value is -3.22. The molecule has 0 radical (unpaired) electrons. The van der Waals surface area contributed by atoms with Crippen LogP contribution in [0.25, 0.3) is 0 Å². The van der Waals surface area contributed by atoms with Gasteiger partial charge in [0, 0.05) is 31.6 Å². The molecule has 1 unspecified atom stereocenters. The molecular formula is C25H32N4O3. The molecule has 0 aromatic heterocycles. The Balaban J connectivity index is 1.49. The molecule has 0 bridgehead atoms. The Morgan fingerprint density at radius 2 is 1.91 bits per heavy atom. The third-order valence-electron chi connectivity index (χ3n) is 5.73. The van der Waals surface area contributed by atoms with E-state index in [0.717, 1.165) is 35.7 Å². The van der Waals surface area contributed by atoms with E-state index in [2.05, 4.69) is 16.7 Å². The Bertz CT molecular complexity index is 956. The zero-order valence-electron chi connectivity index (χ0n) is 18.8. The molecule has 1 fully saturated rings. The smallest absolute Gasteiger partial charge is 0.241 e. The van der Waals surface area contributed by atoms with Crippen molar-refractivity contribution >= 4 is 11.9 Å². The second-order valence-corrected chi connectivity index (χ2v) is 8.54. The highest BCUT2D eigenvalue weighted by atomic mass is 16.5. The predicted molar refractivity (Wildman–Crippen MR) is 125 cm³/mol. The molecule has 32 heavy (non-hydrogen) atoms. The number of aliphatic imine (C=N–C) groups is 1. The maximum Gasteiger partial charge on any atom is 0.241 e. The number of benzene rings is 2. The van der Waals surface area contributed by atoms with E-state index in [-0.39, 0.29) is 18.5 Å². The number of hydrogen-bond donors (Lipinski definition) is 2. The molecule has 1 atom stereocenters.